The van der Waals surface area contributed by atoms with E-state index in [2.05, 4.69) is 0 Å². The highest BCUT2D eigenvalue weighted by atomic mass is 16.5. The Morgan fingerprint density at radius 1 is 1.38 bits per heavy atom. The molecule has 5 nitrogen and oxygen atoms in total. The van der Waals surface area contributed by atoms with Gasteiger partial charge in [0.25, 0.3) is 5.91 Å². The third kappa shape index (κ3) is 2.42. The van der Waals surface area contributed by atoms with Gasteiger partial charge in [-0.05, 0) is 49.4 Å². The zero-order valence-electron chi connectivity index (χ0n) is 12.2. The van der Waals surface area contributed by atoms with Crippen molar-refractivity contribution in [2.24, 2.45) is 5.41 Å². The van der Waals surface area contributed by atoms with Gasteiger partial charge in [0.05, 0.1) is 0 Å². The topological polar surface area (TPSA) is 69.6 Å². The highest BCUT2D eigenvalue weighted by molar-refractivity contribution is 5.93. The number of nitrogens with zero attached hydrogens (tertiary/aromatic N) is 1. The van der Waals surface area contributed by atoms with Crippen LogP contribution >= 0.6 is 0 Å². The van der Waals surface area contributed by atoms with Gasteiger partial charge in [-0.2, -0.15) is 0 Å². The number of aryl methyl sites for hydroxylation is 1. The molecule has 5 heteroatoms. The van der Waals surface area contributed by atoms with Gasteiger partial charge in [0.15, 0.2) is 0 Å². The number of hydroxylamine groups is 1. The molecule has 0 radical (unpaired) electrons. The average Bonchev–Trinajstić information content (AvgIpc) is 2.81. The second-order valence-electron chi connectivity index (χ2n) is 6.19. The van der Waals surface area contributed by atoms with E-state index in [1.807, 2.05) is 24.0 Å². The minimum atomic E-state index is -0.480. The quantitative estimate of drug-likeness (QED) is 0.640. The van der Waals surface area contributed by atoms with Crippen LogP contribution in [0.5, 0.6) is 0 Å². The molecular weight excluding hydrogens is 268 g/mol. The van der Waals surface area contributed by atoms with Crippen molar-refractivity contribution >= 4 is 11.8 Å². The molecule has 112 valence electrons. The summed E-state index contributed by atoms with van der Waals surface area (Å²) in [4.78, 5) is 25.4. The molecule has 1 aromatic carbocycles. The Morgan fingerprint density at radius 2 is 2.19 bits per heavy atom. The highest BCUT2D eigenvalue weighted by Gasteiger charge is 2.44. The normalized spacial score (nSPS) is 24.3. The van der Waals surface area contributed by atoms with Crippen LogP contribution in [-0.2, 0) is 17.6 Å². The third-order valence-electron chi connectivity index (χ3n) is 4.85. The zero-order valence-corrected chi connectivity index (χ0v) is 12.2. The maximum absolute atomic E-state index is 12.0. The lowest BCUT2D eigenvalue weighted by Gasteiger charge is -2.34. The Labute approximate surface area is 123 Å². The van der Waals surface area contributed by atoms with Crippen molar-refractivity contribution in [2.75, 3.05) is 13.1 Å². The predicted molar refractivity (Wildman–Crippen MR) is 77.0 cm³/mol. The molecule has 0 saturated carbocycles. The zero-order chi connectivity index (χ0) is 15.0. The SMILES string of the molecule is CCN1C[C@@]2(CCc3cc(C(=O)NO)ccc3C2)CC1=O. The molecule has 1 spiro atoms. The molecular formula is C16H20N2O3. The molecule has 0 bridgehead atoms. The number of nitrogens with one attached hydrogen (secondary N) is 1. The number of fused-ring (bicyclic) bond motifs is 1. The van der Waals surface area contributed by atoms with E-state index in [0.29, 0.717) is 12.0 Å². The van der Waals surface area contributed by atoms with Crippen LogP contribution < -0.4 is 5.48 Å². The maximum atomic E-state index is 12.0. The molecule has 21 heavy (non-hydrogen) atoms. The highest BCUT2D eigenvalue weighted by Crippen LogP contribution is 2.43. The average molecular weight is 288 g/mol. The summed E-state index contributed by atoms with van der Waals surface area (Å²) in [6, 6.07) is 5.54. The van der Waals surface area contributed by atoms with Crippen molar-refractivity contribution in [3.05, 3.63) is 34.9 Å². The van der Waals surface area contributed by atoms with Gasteiger partial charge in [-0.3, -0.25) is 14.8 Å². The summed E-state index contributed by atoms with van der Waals surface area (Å²) in [5.41, 5.74) is 4.59. The van der Waals surface area contributed by atoms with E-state index in [9.17, 15) is 9.59 Å². The molecule has 2 aliphatic rings. The lowest BCUT2D eigenvalue weighted by molar-refractivity contribution is -0.127. The molecule has 1 aliphatic heterocycles. The lowest BCUT2D eigenvalue weighted by Crippen LogP contribution is -2.33. The largest absolute Gasteiger partial charge is 0.342 e. The Balaban J connectivity index is 1.84. The fraction of sp³-hybridized carbons (Fsp3) is 0.500. The van der Waals surface area contributed by atoms with Gasteiger partial charge in [-0.1, -0.05) is 6.07 Å². The Hall–Kier alpha value is -1.88. The summed E-state index contributed by atoms with van der Waals surface area (Å²) in [5, 5.41) is 8.70. The molecule has 0 aromatic heterocycles. The van der Waals surface area contributed by atoms with Gasteiger partial charge < -0.3 is 4.90 Å². The van der Waals surface area contributed by atoms with E-state index < -0.39 is 5.91 Å². The van der Waals surface area contributed by atoms with Crippen LogP contribution in [-0.4, -0.2) is 35.0 Å². The molecule has 2 N–H and O–H groups in total. The van der Waals surface area contributed by atoms with Gasteiger partial charge in [-0.25, -0.2) is 5.48 Å². The summed E-state index contributed by atoms with van der Waals surface area (Å²) >= 11 is 0. The van der Waals surface area contributed by atoms with Crippen LogP contribution in [0.15, 0.2) is 18.2 Å². The number of rotatable bonds is 2. The molecule has 1 heterocycles. The first-order valence-corrected chi connectivity index (χ1v) is 7.41. The van der Waals surface area contributed by atoms with Crippen molar-refractivity contribution in [1.82, 2.24) is 10.4 Å². The molecule has 1 saturated heterocycles. The Bertz CT molecular complexity index is 599. The number of carbonyl (C=O) groups is 2. The smallest absolute Gasteiger partial charge is 0.274 e. The molecule has 0 unspecified atom stereocenters. The molecule has 1 fully saturated rings. The Kier molecular flexibility index (Phi) is 3.45. The lowest BCUT2D eigenvalue weighted by atomic mass is 9.71. The van der Waals surface area contributed by atoms with E-state index in [1.54, 1.807) is 11.5 Å². The maximum Gasteiger partial charge on any atom is 0.274 e. The number of hydrogen-bond acceptors (Lipinski definition) is 3. The number of likely N-dealkylation sites (tertiary alicyclic amines) is 1. The summed E-state index contributed by atoms with van der Waals surface area (Å²) in [6.07, 6.45) is 3.39. The van der Waals surface area contributed by atoms with Crippen molar-refractivity contribution in [3.63, 3.8) is 0 Å². The molecule has 1 aromatic rings. The first-order chi connectivity index (χ1) is 10.1. The first-order valence-electron chi connectivity index (χ1n) is 7.41. The third-order valence-corrected chi connectivity index (χ3v) is 4.85. The molecule has 3 rings (SSSR count). The fourth-order valence-corrected chi connectivity index (χ4v) is 3.68. The molecule has 1 aliphatic carbocycles. The second kappa shape index (κ2) is 5.15. The Morgan fingerprint density at radius 3 is 2.86 bits per heavy atom. The fourth-order valence-electron chi connectivity index (χ4n) is 3.68. The van der Waals surface area contributed by atoms with Gasteiger partial charge >= 0.3 is 0 Å². The van der Waals surface area contributed by atoms with Gasteiger partial charge in [0, 0.05) is 30.5 Å². The minimum absolute atomic E-state index is 0.0703. The molecule has 1 atom stereocenters. The van der Waals surface area contributed by atoms with Crippen LogP contribution in [0.1, 0.15) is 41.3 Å². The van der Waals surface area contributed by atoms with Gasteiger partial charge in [-0.15, -0.1) is 0 Å². The number of carbonyl (C=O) groups excluding carboxylic acids is 2. The van der Waals surface area contributed by atoms with Crippen LogP contribution in [0.2, 0.25) is 0 Å². The summed E-state index contributed by atoms with van der Waals surface area (Å²) < 4.78 is 0. The molecule has 2 amide bonds. The van der Waals surface area contributed by atoms with Crippen LogP contribution in [0.4, 0.5) is 0 Å². The van der Waals surface area contributed by atoms with E-state index in [0.717, 1.165) is 37.9 Å². The summed E-state index contributed by atoms with van der Waals surface area (Å²) in [6.45, 7) is 3.65. The number of benzene rings is 1. The van der Waals surface area contributed by atoms with Crippen molar-refractivity contribution < 1.29 is 14.8 Å². The van der Waals surface area contributed by atoms with Crippen molar-refractivity contribution in [2.45, 2.75) is 32.6 Å². The number of hydrogen-bond donors (Lipinski definition) is 2. The minimum Gasteiger partial charge on any atom is -0.342 e. The second-order valence-corrected chi connectivity index (χ2v) is 6.19. The van der Waals surface area contributed by atoms with Gasteiger partial charge in [0.2, 0.25) is 5.91 Å². The first kappa shape index (κ1) is 14.1. The van der Waals surface area contributed by atoms with Crippen LogP contribution in [0, 0.1) is 5.41 Å². The predicted octanol–water partition coefficient (Wildman–Crippen LogP) is 1.53. The van der Waals surface area contributed by atoms with E-state index in [-0.39, 0.29) is 11.3 Å². The monoisotopic (exact) mass is 288 g/mol. The number of amides is 2. The van der Waals surface area contributed by atoms with E-state index in [4.69, 9.17) is 5.21 Å². The summed E-state index contributed by atoms with van der Waals surface area (Å²) in [5.74, 6) is -0.219. The van der Waals surface area contributed by atoms with E-state index >= 15 is 0 Å². The van der Waals surface area contributed by atoms with Crippen LogP contribution in [0.25, 0.3) is 0 Å². The standard InChI is InChI=1S/C16H20N2O3/c1-2-18-10-16(9-14(18)19)6-5-11-7-12(15(20)17-21)3-4-13(11)8-16/h3-4,7,21H,2,5-6,8-10H2,1H3,(H,17,20)/t16-/m1/s1. The van der Waals surface area contributed by atoms with E-state index in [1.165, 1.54) is 5.56 Å². The van der Waals surface area contributed by atoms with Crippen molar-refractivity contribution in [1.29, 1.82) is 0 Å². The summed E-state index contributed by atoms with van der Waals surface area (Å²) in [7, 11) is 0. The van der Waals surface area contributed by atoms with Crippen LogP contribution in [0.3, 0.4) is 0 Å². The van der Waals surface area contributed by atoms with Crippen molar-refractivity contribution in [3.8, 4) is 0 Å². The van der Waals surface area contributed by atoms with Gasteiger partial charge in [0.1, 0.15) is 0 Å².